The van der Waals surface area contributed by atoms with Gasteiger partial charge in [0.05, 0.1) is 6.10 Å². The van der Waals surface area contributed by atoms with Crippen LogP contribution in [0.5, 0.6) is 0 Å². The number of benzene rings is 1. The lowest BCUT2D eigenvalue weighted by atomic mass is 9.95. The molecule has 0 aromatic heterocycles. The minimum Gasteiger partial charge on any atom is -0.365 e. The van der Waals surface area contributed by atoms with Crippen LogP contribution in [0.15, 0.2) is 18.2 Å². The van der Waals surface area contributed by atoms with Crippen LogP contribution in [0.4, 0.5) is 4.39 Å². The number of carbonyl (C=O) groups is 2. The van der Waals surface area contributed by atoms with Crippen molar-refractivity contribution in [1.29, 1.82) is 0 Å². The molecular weight excluding hydrogens is 385 g/mol. The van der Waals surface area contributed by atoms with Crippen molar-refractivity contribution in [2.24, 2.45) is 11.8 Å². The van der Waals surface area contributed by atoms with Gasteiger partial charge in [0.1, 0.15) is 12.4 Å². The van der Waals surface area contributed by atoms with Crippen LogP contribution >= 0.6 is 0 Å². The average Bonchev–Trinajstić information content (AvgIpc) is 3.55. The Morgan fingerprint density at radius 3 is 2.63 bits per heavy atom. The van der Waals surface area contributed by atoms with E-state index < -0.39 is 5.82 Å². The van der Waals surface area contributed by atoms with E-state index in [0.29, 0.717) is 24.6 Å². The molecule has 164 valence electrons. The third-order valence-electron chi connectivity index (χ3n) is 6.55. The van der Waals surface area contributed by atoms with Crippen molar-refractivity contribution in [1.82, 2.24) is 15.1 Å². The van der Waals surface area contributed by atoms with Crippen LogP contribution in [-0.2, 0) is 9.53 Å². The van der Waals surface area contributed by atoms with E-state index in [1.807, 2.05) is 4.90 Å². The van der Waals surface area contributed by atoms with Gasteiger partial charge in [-0.25, -0.2) is 4.39 Å². The van der Waals surface area contributed by atoms with Crippen LogP contribution in [0.1, 0.15) is 41.6 Å². The van der Waals surface area contributed by atoms with E-state index in [0.717, 1.165) is 44.0 Å². The minimum atomic E-state index is -0.431. The van der Waals surface area contributed by atoms with Crippen LogP contribution in [0, 0.1) is 24.6 Å². The molecule has 4 rings (SSSR count). The first kappa shape index (κ1) is 21.2. The highest BCUT2D eigenvalue weighted by molar-refractivity contribution is 5.95. The minimum absolute atomic E-state index is 0.0268. The number of carbonyl (C=O) groups excluding carboxylic acids is 2. The van der Waals surface area contributed by atoms with Crippen LogP contribution in [-0.4, -0.2) is 73.6 Å². The molecule has 1 unspecified atom stereocenters. The molecule has 2 heterocycles. The number of amides is 2. The smallest absolute Gasteiger partial charge is 0.251 e. The van der Waals surface area contributed by atoms with E-state index >= 15 is 0 Å². The van der Waals surface area contributed by atoms with Crippen LogP contribution < -0.4 is 5.32 Å². The Kier molecular flexibility index (Phi) is 6.68. The van der Waals surface area contributed by atoms with Gasteiger partial charge in [-0.15, -0.1) is 0 Å². The number of morpholine rings is 1. The number of rotatable bonds is 7. The van der Waals surface area contributed by atoms with Gasteiger partial charge in [-0.05, 0) is 75.2 Å². The largest absolute Gasteiger partial charge is 0.365 e. The van der Waals surface area contributed by atoms with Gasteiger partial charge in [-0.3, -0.25) is 9.59 Å². The summed E-state index contributed by atoms with van der Waals surface area (Å²) in [5.74, 6) is 0.739. The van der Waals surface area contributed by atoms with Gasteiger partial charge >= 0.3 is 0 Å². The Morgan fingerprint density at radius 2 is 1.90 bits per heavy atom. The van der Waals surface area contributed by atoms with Gasteiger partial charge < -0.3 is 19.9 Å². The molecule has 0 radical (unpaired) electrons. The topological polar surface area (TPSA) is 61.9 Å². The zero-order valence-corrected chi connectivity index (χ0v) is 17.7. The number of likely N-dealkylation sites (tertiary alicyclic amines) is 1. The second kappa shape index (κ2) is 9.43. The average molecular weight is 418 g/mol. The fourth-order valence-corrected chi connectivity index (χ4v) is 4.45. The third-order valence-corrected chi connectivity index (χ3v) is 6.55. The van der Waals surface area contributed by atoms with E-state index in [-0.39, 0.29) is 24.5 Å². The summed E-state index contributed by atoms with van der Waals surface area (Å²) >= 11 is 0. The zero-order valence-electron chi connectivity index (χ0n) is 17.7. The molecule has 7 heteroatoms. The van der Waals surface area contributed by atoms with Crippen LogP contribution in [0.25, 0.3) is 0 Å². The summed E-state index contributed by atoms with van der Waals surface area (Å²) < 4.78 is 19.1. The number of hydrogen-bond donors (Lipinski definition) is 1. The van der Waals surface area contributed by atoms with Gasteiger partial charge in [-0.1, -0.05) is 6.07 Å². The lowest BCUT2D eigenvalue weighted by Crippen LogP contribution is -2.52. The Morgan fingerprint density at radius 1 is 1.17 bits per heavy atom. The first-order chi connectivity index (χ1) is 14.5. The molecule has 1 aromatic rings. The normalized spacial score (nSPS) is 23.6. The first-order valence-electron chi connectivity index (χ1n) is 11.1. The Balaban J connectivity index is 1.23. The number of aryl methyl sites for hydroxylation is 1. The number of halogens is 1. The summed E-state index contributed by atoms with van der Waals surface area (Å²) in [4.78, 5) is 29.2. The Hall–Kier alpha value is -1.99. The molecule has 6 nitrogen and oxygen atoms in total. The van der Waals surface area contributed by atoms with E-state index in [9.17, 15) is 14.0 Å². The molecule has 0 bridgehead atoms. The number of nitrogens with one attached hydrogen (secondary N) is 1. The maximum atomic E-state index is 13.5. The third kappa shape index (κ3) is 5.58. The molecule has 3 aliphatic rings. The predicted molar refractivity (Wildman–Crippen MR) is 112 cm³/mol. The highest BCUT2D eigenvalue weighted by Gasteiger charge is 2.31. The second-order valence-electron chi connectivity index (χ2n) is 9.09. The van der Waals surface area contributed by atoms with E-state index in [4.69, 9.17) is 4.74 Å². The summed E-state index contributed by atoms with van der Waals surface area (Å²) in [6, 6.07) is 4.19. The second-order valence-corrected chi connectivity index (χ2v) is 9.09. The number of nitrogens with zero attached hydrogens (tertiary/aromatic N) is 2. The molecule has 0 spiro atoms. The van der Waals surface area contributed by atoms with Crippen molar-refractivity contribution in [3.05, 3.63) is 35.1 Å². The number of piperidine rings is 1. The fraction of sp³-hybridized carbons (Fsp3) is 0.652. The summed E-state index contributed by atoms with van der Waals surface area (Å²) in [5, 5.41) is 2.83. The quantitative estimate of drug-likeness (QED) is 0.739. The molecule has 1 N–H and O–H groups in total. The zero-order chi connectivity index (χ0) is 21.1. The molecule has 1 aliphatic carbocycles. The molecule has 3 fully saturated rings. The van der Waals surface area contributed by atoms with Crippen LogP contribution in [0.2, 0.25) is 0 Å². The summed E-state index contributed by atoms with van der Waals surface area (Å²) in [5.41, 5.74) is 1.06. The van der Waals surface area contributed by atoms with Crippen molar-refractivity contribution >= 4 is 11.8 Å². The van der Waals surface area contributed by atoms with Gasteiger partial charge in [-0.2, -0.15) is 0 Å². The predicted octanol–water partition coefficient (Wildman–Crippen LogP) is 2.21. The molecule has 2 saturated heterocycles. The molecule has 30 heavy (non-hydrogen) atoms. The summed E-state index contributed by atoms with van der Waals surface area (Å²) in [6.45, 7) is 6.91. The highest BCUT2D eigenvalue weighted by Crippen LogP contribution is 2.31. The van der Waals surface area contributed by atoms with E-state index in [2.05, 4.69) is 10.2 Å². The molecule has 1 aromatic carbocycles. The van der Waals surface area contributed by atoms with Gasteiger partial charge in [0.2, 0.25) is 5.91 Å². The van der Waals surface area contributed by atoms with Crippen molar-refractivity contribution in [2.45, 2.75) is 38.7 Å². The molecular formula is C23H32FN3O3. The Labute approximate surface area is 177 Å². The Bertz CT molecular complexity index is 775. The van der Waals surface area contributed by atoms with Crippen LogP contribution in [0.3, 0.4) is 0 Å². The molecule has 1 atom stereocenters. The SMILES string of the molecule is Cc1ccc(F)cc1C(=O)NCC1CN(CC2CCN(CC3CC3)CC2)C(=O)CO1. The monoisotopic (exact) mass is 417 g/mol. The van der Waals surface area contributed by atoms with Crippen molar-refractivity contribution in [3.63, 3.8) is 0 Å². The number of ether oxygens (including phenoxy) is 1. The van der Waals surface area contributed by atoms with Crippen molar-refractivity contribution in [3.8, 4) is 0 Å². The van der Waals surface area contributed by atoms with Crippen molar-refractivity contribution < 1.29 is 18.7 Å². The fourth-order valence-electron chi connectivity index (χ4n) is 4.45. The summed E-state index contributed by atoms with van der Waals surface area (Å²) in [6.07, 6.45) is 4.81. The summed E-state index contributed by atoms with van der Waals surface area (Å²) in [7, 11) is 0. The lowest BCUT2D eigenvalue weighted by molar-refractivity contribution is -0.149. The van der Waals surface area contributed by atoms with Gasteiger partial charge in [0.15, 0.2) is 0 Å². The van der Waals surface area contributed by atoms with E-state index in [1.54, 1.807) is 13.0 Å². The van der Waals surface area contributed by atoms with Crippen molar-refractivity contribution in [2.75, 3.05) is 45.9 Å². The van der Waals surface area contributed by atoms with E-state index in [1.165, 1.54) is 31.5 Å². The highest BCUT2D eigenvalue weighted by atomic mass is 19.1. The molecule has 1 saturated carbocycles. The number of hydrogen-bond acceptors (Lipinski definition) is 4. The maximum absolute atomic E-state index is 13.5. The first-order valence-corrected chi connectivity index (χ1v) is 11.1. The lowest BCUT2D eigenvalue weighted by Gasteiger charge is -2.38. The standard InChI is InChI=1S/C23H32FN3O3/c1-16-2-5-19(24)10-21(16)23(29)25-11-20-14-27(22(28)15-30-20)13-18-6-8-26(9-7-18)12-17-3-4-17/h2,5,10,17-18,20H,3-4,6-9,11-15H2,1H3,(H,25,29). The van der Waals surface area contributed by atoms with Gasteiger partial charge in [0.25, 0.3) is 5.91 Å². The molecule has 2 aliphatic heterocycles. The van der Waals surface area contributed by atoms with Gasteiger partial charge in [0, 0.05) is 31.7 Å². The molecule has 2 amide bonds. The maximum Gasteiger partial charge on any atom is 0.251 e.